The molecule has 1 atom stereocenters. The summed E-state index contributed by atoms with van der Waals surface area (Å²) >= 11 is 4.54. The highest BCUT2D eigenvalue weighted by Gasteiger charge is 2.06. The van der Waals surface area contributed by atoms with E-state index in [1.807, 2.05) is 0 Å². The van der Waals surface area contributed by atoms with E-state index >= 15 is 0 Å². The van der Waals surface area contributed by atoms with Crippen LogP contribution in [-0.2, 0) is 9.53 Å². The number of carbonyl (C=O) groups is 1. The lowest BCUT2D eigenvalue weighted by Gasteiger charge is -2.07. The highest BCUT2D eigenvalue weighted by molar-refractivity contribution is 7.80. The van der Waals surface area contributed by atoms with Crippen molar-refractivity contribution in [1.82, 2.24) is 0 Å². The van der Waals surface area contributed by atoms with Gasteiger partial charge in [0.05, 0.1) is 0 Å². The Kier molecular flexibility index (Phi) is 3.16. The fraction of sp³-hybridized carbons (Fsp3) is 0.600. The van der Waals surface area contributed by atoms with Crippen molar-refractivity contribution in [2.24, 2.45) is 5.73 Å². The van der Waals surface area contributed by atoms with Crippen LogP contribution < -0.4 is 5.73 Å². The Balaban J connectivity index is 3.63. The summed E-state index contributed by atoms with van der Waals surface area (Å²) in [4.78, 5) is 10.4. The van der Waals surface area contributed by atoms with Crippen molar-refractivity contribution in [2.45, 2.75) is 20.0 Å². The van der Waals surface area contributed by atoms with Crippen LogP contribution in [-0.4, -0.2) is 17.1 Å². The van der Waals surface area contributed by atoms with Gasteiger partial charge in [-0.3, -0.25) is 4.79 Å². The van der Waals surface area contributed by atoms with Gasteiger partial charge in [0.25, 0.3) is 0 Å². The maximum absolute atomic E-state index is 10.2. The second-order valence-corrected chi connectivity index (χ2v) is 2.13. The normalized spacial score (nSPS) is 12.2. The molecule has 0 bridgehead atoms. The van der Waals surface area contributed by atoms with Crippen molar-refractivity contribution < 1.29 is 9.53 Å². The highest BCUT2D eigenvalue weighted by Crippen LogP contribution is 1.89. The van der Waals surface area contributed by atoms with E-state index in [-0.39, 0.29) is 11.0 Å². The molecule has 9 heavy (non-hydrogen) atoms. The molecule has 0 aliphatic rings. The van der Waals surface area contributed by atoms with E-state index in [0.29, 0.717) is 0 Å². The number of hydrogen-bond donors (Lipinski definition) is 1. The minimum atomic E-state index is -0.447. The fourth-order valence-corrected chi connectivity index (χ4v) is 0.355. The maximum atomic E-state index is 10.2. The van der Waals surface area contributed by atoms with E-state index in [0.717, 1.165) is 0 Å². The molecule has 0 fully saturated rings. The molecule has 0 aromatic heterocycles. The van der Waals surface area contributed by atoms with Crippen LogP contribution in [0.2, 0.25) is 0 Å². The third kappa shape index (κ3) is 3.90. The summed E-state index contributed by atoms with van der Waals surface area (Å²) in [7, 11) is 0. The van der Waals surface area contributed by atoms with E-state index in [2.05, 4.69) is 17.0 Å². The van der Waals surface area contributed by atoms with Crippen LogP contribution in [0.5, 0.6) is 0 Å². The summed E-state index contributed by atoms with van der Waals surface area (Å²) in [6, 6.07) is 0. The Bertz CT molecular complexity index is 135. The Morgan fingerprint density at radius 1 is 1.78 bits per heavy atom. The molecule has 0 aliphatic carbocycles. The molecule has 0 amide bonds. The number of hydrogen-bond acceptors (Lipinski definition) is 3. The zero-order valence-corrected chi connectivity index (χ0v) is 6.20. The molecule has 2 N–H and O–H groups in total. The molecule has 0 spiro atoms. The third-order valence-electron chi connectivity index (χ3n) is 0.743. The topological polar surface area (TPSA) is 52.3 Å². The number of rotatable bonds is 2. The van der Waals surface area contributed by atoms with Crippen molar-refractivity contribution >= 4 is 23.2 Å². The van der Waals surface area contributed by atoms with Crippen LogP contribution >= 0.6 is 12.2 Å². The fourth-order valence-electron chi connectivity index (χ4n) is 0.307. The summed E-state index contributed by atoms with van der Waals surface area (Å²) in [5.74, 6) is -0.365. The lowest BCUT2D eigenvalue weighted by molar-refractivity contribution is -0.142. The molecule has 0 radical (unpaired) electrons. The molecule has 0 aromatic rings. The Morgan fingerprint density at radius 3 is 2.33 bits per heavy atom. The van der Waals surface area contributed by atoms with Gasteiger partial charge in [-0.2, -0.15) is 0 Å². The molecule has 52 valence electrons. The van der Waals surface area contributed by atoms with Gasteiger partial charge in [-0.05, 0) is 6.92 Å². The van der Waals surface area contributed by atoms with E-state index in [1.165, 1.54) is 6.92 Å². The van der Waals surface area contributed by atoms with Crippen LogP contribution in [0.4, 0.5) is 0 Å². The van der Waals surface area contributed by atoms with Crippen LogP contribution in [0, 0.1) is 0 Å². The quantitative estimate of drug-likeness (QED) is 0.448. The van der Waals surface area contributed by atoms with Gasteiger partial charge < -0.3 is 10.5 Å². The number of ether oxygens (including phenoxy) is 1. The standard InChI is InChI=1S/C5H9NO2S/c1-3(5(6)9)8-4(2)7/h3H,1-2H3,(H2,6,9). The van der Waals surface area contributed by atoms with Gasteiger partial charge in [0.2, 0.25) is 0 Å². The Morgan fingerprint density at radius 2 is 2.22 bits per heavy atom. The van der Waals surface area contributed by atoms with Gasteiger partial charge >= 0.3 is 5.97 Å². The van der Waals surface area contributed by atoms with Crippen molar-refractivity contribution in [3.8, 4) is 0 Å². The number of esters is 1. The summed E-state index contributed by atoms with van der Waals surface area (Å²) in [6.45, 7) is 2.94. The maximum Gasteiger partial charge on any atom is 0.303 e. The zero-order valence-electron chi connectivity index (χ0n) is 5.38. The zero-order chi connectivity index (χ0) is 7.44. The first-order chi connectivity index (χ1) is 4.04. The van der Waals surface area contributed by atoms with Gasteiger partial charge in [-0.1, -0.05) is 12.2 Å². The molecule has 0 saturated heterocycles. The predicted octanol–water partition coefficient (Wildman–Crippen LogP) is 0.224. The number of thiocarbonyl (C=S) groups is 1. The SMILES string of the molecule is CC(=O)OC(C)C(N)=S. The van der Waals surface area contributed by atoms with E-state index in [4.69, 9.17) is 5.73 Å². The van der Waals surface area contributed by atoms with Crippen molar-refractivity contribution in [3.05, 3.63) is 0 Å². The molecule has 4 heteroatoms. The van der Waals surface area contributed by atoms with Gasteiger partial charge in [0.15, 0.2) is 0 Å². The van der Waals surface area contributed by atoms with E-state index < -0.39 is 6.10 Å². The number of carbonyl (C=O) groups excluding carboxylic acids is 1. The van der Waals surface area contributed by atoms with Crippen molar-refractivity contribution in [2.75, 3.05) is 0 Å². The molecule has 0 aromatic carbocycles. The average molecular weight is 147 g/mol. The minimum Gasteiger partial charge on any atom is -0.456 e. The second kappa shape index (κ2) is 3.40. The first kappa shape index (κ1) is 8.36. The van der Waals surface area contributed by atoms with Crippen LogP contribution in [0.25, 0.3) is 0 Å². The first-order valence-electron chi connectivity index (χ1n) is 2.50. The number of nitrogens with two attached hydrogens (primary N) is 1. The molecular formula is C5H9NO2S. The van der Waals surface area contributed by atoms with E-state index in [1.54, 1.807) is 6.92 Å². The smallest absolute Gasteiger partial charge is 0.303 e. The largest absolute Gasteiger partial charge is 0.456 e. The van der Waals surface area contributed by atoms with Crippen LogP contribution in [0.3, 0.4) is 0 Å². The predicted molar refractivity (Wildman–Crippen MR) is 38.0 cm³/mol. The van der Waals surface area contributed by atoms with Gasteiger partial charge in [0.1, 0.15) is 11.1 Å². The lowest BCUT2D eigenvalue weighted by atomic mass is 10.4. The van der Waals surface area contributed by atoms with Gasteiger partial charge in [-0.25, -0.2) is 0 Å². The third-order valence-corrected chi connectivity index (χ3v) is 1.08. The lowest BCUT2D eigenvalue weighted by Crippen LogP contribution is -2.27. The van der Waals surface area contributed by atoms with Gasteiger partial charge in [-0.15, -0.1) is 0 Å². The molecular weight excluding hydrogens is 138 g/mol. The Hall–Kier alpha value is -0.640. The summed E-state index contributed by atoms with van der Waals surface area (Å²) in [5.41, 5.74) is 5.14. The summed E-state index contributed by atoms with van der Waals surface area (Å²) in [5, 5.41) is 0. The minimum absolute atomic E-state index is 0.199. The highest BCUT2D eigenvalue weighted by atomic mass is 32.1. The molecule has 1 unspecified atom stereocenters. The van der Waals surface area contributed by atoms with E-state index in [9.17, 15) is 4.79 Å². The molecule has 0 saturated carbocycles. The molecule has 0 rings (SSSR count). The average Bonchev–Trinajstić information content (AvgIpc) is 1.63. The monoisotopic (exact) mass is 147 g/mol. The molecule has 3 nitrogen and oxygen atoms in total. The van der Waals surface area contributed by atoms with Crippen molar-refractivity contribution in [1.29, 1.82) is 0 Å². The van der Waals surface area contributed by atoms with Crippen LogP contribution in [0.1, 0.15) is 13.8 Å². The second-order valence-electron chi connectivity index (χ2n) is 1.65. The first-order valence-corrected chi connectivity index (χ1v) is 2.91. The summed E-state index contributed by atoms with van der Waals surface area (Å²) < 4.78 is 4.61. The molecule has 0 heterocycles. The Labute approximate surface area is 59.2 Å². The molecule has 0 aliphatic heterocycles. The van der Waals surface area contributed by atoms with Gasteiger partial charge in [0, 0.05) is 6.92 Å². The van der Waals surface area contributed by atoms with Crippen molar-refractivity contribution in [3.63, 3.8) is 0 Å². The summed E-state index contributed by atoms with van der Waals surface area (Å²) in [6.07, 6.45) is -0.447. The van der Waals surface area contributed by atoms with Crippen LogP contribution in [0.15, 0.2) is 0 Å².